The highest BCUT2D eigenvalue weighted by Gasteiger charge is 2.35. The van der Waals surface area contributed by atoms with Crippen LogP contribution in [0.1, 0.15) is 43.9 Å². The first-order valence-electron chi connectivity index (χ1n) is 9.82. The van der Waals surface area contributed by atoms with Gasteiger partial charge in [-0.15, -0.1) is 0 Å². The van der Waals surface area contributed by atoms with Gasteiger partial charge in [0.25, 0.3) is 5.91 Å². The van der Waals surface area contributed by atoms with Gasteiger partial charge in [-0.2, -0.15) is 0 Å². The zero-order valence-electron chi connectivity index (χ0n) is 16.7. The maximum atomic E-state index is 12.2. The van der Waals surface area contributed by atoms with Crippen LogP contribution >= 0.6 is 0 Å². The molecule has 29 heavy (non-hydrogen) atoms. The molecule has 1 fully saturated rings. The Labute approximate surface area is 170 Å². The fourth-order valence-electron chi connectivity index (χ4n) is 3.26. The largest absolute Gasteiger partial charge is 0.467 e. The minimum Gasteiger partial charge on any atom is -0.467 e. The molecule has 2 atom stereocenters. The van der Waals surface area contributed by atoms with Crippen LogP contribution in [0, 0.1) is 5.92 Å². The molecule has 2 aromatic rings. The molecule has 7 nitrogen and oxygen atoms in total. The van der Waals surface area contributed by atoms with E-state index in [4.69, 9.17) is 9.15 Å². The molecular weight excluding hydrogens is 372 g/mol. The van der Waals surface area contributed by atoms with E-state index in [1.54, 1.807) is 17.0 Å². The third-order valence-corrected chi connectivity index (χ3v) is 5.20. The molecule has 2 amide bonds. The van der Waals surface area contributed by atoms with Gasteiger partial charge in [-0.25, -0.2) is 0 Å². The second-order valence-electron chi connectivity index (χ2n) is 7.34. The van der Waals surface area contributed by atoms with Crippen molar-refractivity contribution in [3.8, 4) is 0 Å². The Kier molecular flexibility index (Phi) is 6.69. The van der Waals surface area contributed by atoms with Gasteiger partial charge in [-0.05, 0) is 42.2 Å². The molecule has 1 aromatic heterocycles. The van der Waals surface area contributed by atoms with Crippen molar-refractivity contribution < 1.29 is 23.5 Å². The predicted molar refractivity (Wildman–Crippen MR) is 107 cm³/mol. The number of anilines is 1. The van der Waals surface area contributed by atoms with E-state index in [1.807, 2.05) is 24.3 Å². The molecule has 0 aliphatic carbocycles. The van der Waals surface area contributed by atoms with Crippen LogP contribution in [0.15, 0.2) is 47.1 Å². The van der Waals surface area contributed by atoms with E-state index in [0.717, 1.165) is 6.42 Å². The molecule has 1 aliphatic heterocycles. The molecule has 1 saturated heterocycles. The topological polar surface area (TPSA) is 88.8 Å². The summed E-state index contributed by atoms with van der Waals surface area (Å²) < 4.78 is 10.4. The van der Waals surface area contributed by atoms with Gasteiger partial charge in [-0.1, -0.05) is 26.0 Å². The zero-order valence-corrected chi connectivity index (χ0v) is 16.7. The van der Waals surface area contributed by atoms with Crippen molar-refractivity contribution >= 4 is 23.5 Å². The number of carbonyl (C=O) groups excluding carboxylic acids is 3. The number of likely N-dealkylation sites (tertiary alicyclic amines) is 1. The maximum absolute atomic E-state index is 12.2. The fourth-order valence-corrected chi connectivity index (χ4v) is 3.26. The molecule has 2 heterocycles. The first kappa shape index (κ1) is 20.6. The van der Waals surface area contributed by atoms with Crippen molar-refractivity contribution in [3.05, 3.63) is 54.0 Å². The number of amides is 2. The molecule has 1 aromatic carbocycles. The summed E-state index contributed by atoms with van der Waals surface area (Å²) in [4.78, 5) is 38.0. The van der Waals surface area contributed by atoms with Crippen molar-refractivity contribution in [2.24, 2.45) is 5.92 Å². The highest BCUT2D eigenvalue weighted by atomic mass is 16.5. The average molecular weight is 398 g/mol. The van der Waals surface area contributed by atoms with Gasteiger partial charge in [0, 0.05) is 18.7 Å². The van der Waals surface area contributed by atoms with Gasteiger partial charge in [0.15, 0.2) is 6.61 Å². The third kappa shape index (κ3) is 5.47. The molecule has 0 spiro atoms. The molecule has 154 valence electrons. The molecule has 0 saturated carbocycles. The predicted octanol–water partition coefficient (Wildman–Crippen LogP) is 3.32. The minimum absolute atomic E-state index is 0.0816. The average Bonchev–Trinajstić information content (AvgIpc) is 3.36. The molecule has 0 radical (unpaired) electrons. The van der Waals surface area contributed by atoms with Gasteiger partial charge in [0.1, 0.15) is 5.76 Å². The number of nitrogens with one attached hydrogen (secondary N) is 1. The van der Waals surface area contributed by atoms with Crippen LogP contribution in [-0.2, 0) is 25.7 Å². The van der Waals surface area contributed by atoms with E-state index >= 15 is 0 Å². The number of esters is 1. The van der Waals surface area contributed by atoms with Crippen LogP contribution in [0.25, 0.3) is 0 Å². The van der Waals surface area contributed by atoms with Crippen molar-refractivity contribution in [3.63, 3.8) is 0 Å². The van der Waals surface area contributed by atoms with Gasteiger partial charge in [-0.3, -0.25) is 14.4 Å². The third-order valence-electron chi connectivity index (χ3n) is 5.20. The van der Waals surface area contributed by atoms with Crippen molar-refractivity contribution in [1.29, 1.82) is 0 Å². The lowest BCUT2D eigenvalue weighted by atomic mass is 9.99. The number of benzene rings is 1. The van der Waals surface area contributed by atoms with Gasteiger partial charge < -0.3 is 19.4 Å². The van der Waals surface area contributed by atoms with Gasteiger partial charge >= 0.3 is 5.97 Å². The number of hydrogen-bond donors (Lipinski definition) is 1. The maximum Gasteiger partial charge on any atom is 0.311 e. The lowest BCUT2D eigenvalue weighted by Crippen LogP contribution is -2.28. The quantitative estimate of drug-likeness (QED) is 0.689. The highest BCUT2D eigenvalue weighted by Crippen LogP contribution is 2.22. The van der Waals surface area contributed by atoms with E-state index < -0.39 is 17.8 Å². The first-order chi connectivity index (χ1) is 14.0. The van der Waals surface area contributed by atoms with Crippen molar-refractivity contribution in [1.82, 2.24) is 4.90 Å². The standard InChI is InChI=1S/C22H26N2O5/c1-3-15(2)16-6-8-18(9-7-16)23-20(25)14-29-22(27)17-11-21(26)24(12-17)13-19-5-4-10-28-19/h4-10,15,17H,3,11-14H2,1-2H3,(H,23,25)/t15-,17+/m0/s1. The van der Waals surface area contributed by atoms with E-state index in [-0.39, 0.29) is 25.5 Å². The van der Waals surface area contributed by atoms with Crippen molar-refractivity contribution in [2.75, 3.05) is 18.5 Å². The summed E-state index contributed by atoms with van der Waals surface area (Å²) in [6, 6.07) is 11.2. The van der Waals surface area contributed by atoms with Crippen LogP contribution in [0.2, 0.25) is 0 Å². The molecule has 1 aliphatic rings. The summed E-state index contributed by atoms with van der Waals surface area (Å²) in [6.45, 7) is 4.48. The monoisotopic (exact) mass is 398 g/mol. The van der Waals surface area contributed by atoms with Crippen LogP contribution in [0.3, 0.4) is 0 Å². The fraction of sp³-hybridized carbons (Fsp3) is 0.409. The van der Waals surface area contributed by atoms with E-state index in [9.17, 15) is 14.4 Å². The SMILES string of the molecule is CC[C@H](C)c1ccc(NC(=O)COC(=O)[C@@H]2CC(=O)N(Cc3ccco3)C2)cc1. The summed E-state index contributed by atoms with van der Waals surface area (Å²) in [5.74, 6) is -0.531. The summed E-state index contributed by atoms with van der Waals surface area (Å²) in [5.41, 5.74) is 1.86. The lowest BCUT2D eigenvalue weighted by molar-refractivity contribution is -0.151. The van der Waals surface area contributed by atoms with E-state index in [0.29, 0.717) is 23.9 Å². The Morgan fingerprint density at radius 3 is 2.69 bits per heavy atom. The Hall–Kier alpha value is -3.09. The highest BCUT2D eigenvalue weighted by molar-refractivity contribution is 5.93. The van der Waals surface area contributed by atoms with Crippen LogP contribution in [-0.4, -0.2) is 35.8 Å². The van der Waals surface area contributed by atoms with E-state index in [2.05, 4.69) is 19.2 Å². The molecule has 7 heteroatoms. The van der Waals surface area contributed by atoms with E-state index in [1.165, 1.54) is 11.8 Å². The summed E-state index contributed by atoms with van der Waals surface area (Å²) in [5, 5.41) is 2.71. The second-order valence-corrected chi connectivity index (χ2v) is 7.34. The summed E-state index contributed by atoms with van der Waals surface area (Å²) in [6.07, 6.45) is 2.67. The Morgan fingerprint density at radius 1 is 1.28 bits per heavy atom. The number of hydrogen-bond acceptors (Lipinski definition) is 5. The first-order valence-corrected chi connectivity index (χ1v) is 9.82. The summed E-state index contributed by atoms with van der Waals surface area (Å²) in [7, 11) is 0. The molecule has 0 bridgehead atoms. The number of furan rings is 1. The van der Waals surface area contributed by atoms with Gasteiger partial charge in [0.05, 0.1) is 18.7 Å². The smallest absolute Gasteiger partial charge is 0.311 e. The minimum atomic E-state index is -0.569. The zero-order chi connectivity index (χ0) is 20.8. The summed E-state index contributed by atoms with van der Waals surface area (Å²) >= 11 is 0. The number of nitrogens with zero attached hydrogens (tertiary/aromatic N) is 1. The second kappa shape index (κ2) is 9.41. The van der Waals surface area contributed by atoms with Gasteiger partial charge in [0.2, 0.25) is 5.91 Å². The molecular formula is C22H26N2O5. The molecule has 0 unspecified atom stereocenters. The Morgan fingerprint density at radius 2 is 2.03 bits per heavy atom. The normalized spacial score (nSPS) is 17.2. The van der Waals surface area contributed by atoms with Crippen molar-refractivity contribution in [2.45, 2.75) is 39.2 Å². The number of rotatable bonds is 8. The Bertz CT molecular complexity index is 845. The van der Waals surface area contributed by atoms with Crippen LogP contribution < -0.4 is 5.32 Å². The number of carbonyl (C=O) groups is 3. The van der Waals surface area contributed by atoms with Crippen LogP contribution in [0.5, 0.6) is 0 Å². The Balaban J connectivity index is 1.44. The van der Waals surface area contributed by atoms with Crippen LogP contribution in [0.4, 0.5) is 5.69 Å². The molecule has 3 rings (SSSR count). The molecule has 1 N–H and O–H groups in total. The lowest BCUT2D eigenvalue weighted by Gasteiger charge is -2.14. The number of ether oxygens (including phenoxy) is 1.